The molecule has 2 heterocycles. The largest absolute Gasteiger partial charge is 0.354 e. The highest BCUT2D eigenvalue weighted by atomic mass is 16.1. The Morgan fingerprint density at radius 2 is 1.97 bits per heavy atom. The molecule has 0 bridgehead atoms. The highest BCUT2D eigenvalue weighted by Gasteiger charge is 2.22. The summed E-state index contributed by atoms with van der Waals surface area (Å²) in [5.41, 5.74) is 3.68. The minimum atomic E-state index is 0.000237. The fourth-order valence-corrected chi connectivity index (χ4v) is 3.78. The first-order chi connectivity index (χ1) is 14.1. The second-order valence-corrected chi connectivity index (χ2v) is 7.72. The van der Waals surface area contributed by atoms with Crippen molar-refractivity contribution < 1.29 is 0 Å². The van der Waals surface area contributed by atoms with E-state index in [-0.39, 0.29) is 11.5 Å². The quantitative estimate of drug-likeness (QED) is 0.459. The molecule has 1 atom stereocenters. The lowest BCUT2D eigenvalue weighted by molar-refractivity contribution is 0.705. The number of H-pyrrole nitrogens is 1. The summed E-state index contributed by atoms with van der Waals surface area (Å²) in [6, 6.07) is 14.7. The Labute approximate surface area is 171 Å². The molecule has 2 aliphatic rings. The van der Waals surface area contributed by atoms with Crippen LogP contribution < -0.4 is 10.9 Å². The Kier molecular flexibility index (Phi) is 5.49. The average molecular weight is 389 g/mol. The minimum absolute atomic E-state index is 0.000237. The average Bonchev–Trinajstić information content (AvgIpc) is 3.09. The SMILES string of the molecule is CCC(C)c1nc2c(CCCNC)[nH]c(-c3ccc4ccccc4c3)cn-2c1=O. The van der Waals surface area contributed by atoms with E-state index in [9.17, 15) is 4.79 Å². The Morgan fingerprint density at radius 3 is 2.72 bits per heavy atom. The van der Waals surface area contributed by atoms with E-state index < -0.39 is 0 Å². The van der Waals surface area contributed by atoms with E-state index in [1.54, 1.807) is 4.57 Å². The third-order valence-electron chi connectivity index (χ3n) is 5.70. The van der Waals surface area contributed by atoms with Gasteiger partial charge >= 0.3 is 0 Å². The van der Waals surface area contributed by atoms with Crippen LogP contribution in [0.1, 0.15) is 44.0 Å². The zero-order valence-corrected chi connectivity index (χ0v) is 17.3. The van der Waals surface area contributed by atoms with Gasteiger partial charge in [0.05, 0.1) is 11.4 Å². The molecule has 2 aliphatic heterocycles. The van der Waals surface area contributed by atoms with Gasteiger partial charge in [0.2, 0.25) is 0 Å². The summed E-state index contributed by atoms with van der Waals surface area (Å²) in [4.78, 5) is 21.4. The van der Waals surface area contributed by atoms with E-state index in [1.165, 1.54) is 10.8 Å². The van der Waals surface area contributed by atoms with Gasteiger partial charge in [-0.05, 0) is 49.7 Å². The van der Waals surface area contributed by atoms with Gasteiger partial charge in [-0.1, -0.05) is 50.2 Å². The number of fused-ring (bicyclic) bond motifs is 2. The molecule has 0 amide bonds. The molecule has 2 aromatic carbocycles. The van der Waals surface area contributed by atoms with Crippen molar-refractivity contribution in [3.8, 4) is 17.1 Å². The number of rotatable bonds is 7. The van der Waals surface area contributed by atoms with E-state index in [0.717, 1.165) is 48.6 Å². The van der Waals surface area contributed by atoms with E-state index in [0.29, 0.717) is 5.69 Å². The Bertz CT molecular complexity index is 1160. The van der Waals surface area contributed by atoms with Gasteiger partial charge in [-0.3, -0.25) is 9.36 Å². The monoisotopic (exact) mass is 388 g/mol. The summed E-state index contributed by atoms with van der Waals surface area (Å²) in [7, 11) is 1.96. The molecule has 0 spiro atoms. The molecular weight excluding hydrogens is 360 g/mol. The van der Waals surface area contributed by atoms with Gasteiger partial charge in [-0.15, -0.1) is 0 Å². The number of hydrogen-bond donors (Lipinski definition) is 2. The fourth-order valence-electron chi connectivity index (χ4n) is 3.78. The van der Waals surface area contributed by atoms with Crippen LogP contribution in [0.25, 0.3) is 27.8 Å². The van der Waals surface area contributed by atoms with Gasteiger partial charge in [-0.25, -0.2) is 4.98 Å². The summed E-state index contributed by atoms with van der Waals surface area (Å²) in [6.07, 6.45) is 4.61. The highest BCUT2D eigenvalue weighted by Crippen LogP contribution is 2.27. The summed E-state index contributed by atoms with van der Waals surface area (Å²) < 4.78 is 1.73. The van der Waals surface area contributed by atoms with E-state index in [4.69, 9.17) is 4.98 Å². The van der Waals surface area contributed by atoms with E-state index >= 15 is 0 Å². The molecule has 5 heteroatoms. The van der Waals surface area contributed by atoms with Crippen LogP contribution in [0.15, 0.2) is 53.5 Å². The van der Waals surface area contributed by atoms with E-state index in [1.807, 2.05) is 25.4 Å². The number of benzene rings is 2. The highest BCUT2D eigenvalue weighted by molar-refractivity contribution is 5.86. The van der Waals surface area contributed by atoms with Gasteiger partial charge in [0.25, 0.3) is 5.56 Å². The van der Waals surface area contributed by atoms with E-state index in [2.05, 4.69) is 54.5 Å². The molecule has 2 N–H and O–H groups in total. The molecule has 29 heavy (non-hydrogen) atoms. The number of nitrogens with one attached hydrogen (secondary N) is 2. The van der Waals surface area contributed by atoms with Crippen molar-refractivity contribution in [2.45, 2.75) is 39.0 Å². The topological polar surface area (TPSA) is 62.7 Å². The van der Waals surface area contributed by atoms with Crippen molar-refractivity contribution in [3.05, 3.63) is 70.4 Å². The molecule has 4 rings (SSSR count). The van der Waals surface area contributed by atoms with Crippen LogP contribution in [0.4, 0.5) is 0 Å². The van der Waals surface area contributed by atoms with Crippen LogP contribution in [-0.2, 0) is 6.42 Å². The maximum atomic E-state index is 13.1. The summed E-state index contributed by atoms with van der Waals surface area (Å²) in [5, 5.41) is 5.58. The van der Waals surface area contributed by atoms with Crippen molar-refractivity contribution in [2.75, 3.05) is 13.6 Å². The summed E-state index contributed by atoms with van der Waals surface area (Å²) in [6.45, 7) is 5.08. The van der Waals surface area contributed by atoms with Crippen LogP contribution in [-0.4, -0.2) is 28.1 Å². The lowest BCUT2D eigenvalue weighted by Crippen LogP contribution is -2.19. The lowest BCUT2D eigenvalue weighted by atomic mass is 10.0. The third-order valence-corrected chi connectivity index (χ3v) is 5.70. The molecule has 2 aromatic rings. The van der Waals surface area contributed by atoms with Crippen molar-refractivity contribution in [2.24, 2.45) is 0 Å². The molecule has 0 saturated carbocycles. The first-order valence-electron chi connectivity index (χ1n) is 10.4. The van der Waals surface area contributed by atoms with Crippen LogP contribution in [0.3, 0.4) is 0 Å². The number of nitrogens with zero attached hydrogens (tertiary/aromatic N) is 2. The van der Waals surface area contributed by atoms with Crippen molar-refractivity contribution in [1.29, 1.82) is 0 Å². The fraction of sp³-hybridized carbons (Fsp3) is 0.333. The third kappa shape index (κ3) is 3.70. The molecule has 0 radical (unpaired) electrons. The van der Waals surface area contributed by atoms with Crippen LogP contribution in [0.5, 0.6) is 0 Å². The summed E-state index contributed by atoms with van der Waals surface area (Å²) in [5.74, 6) is 0.905. The molecule has 5 nitrogen and oxygen atoms in total. The maximum Gasteiger partial charge on any atom is 0.278 e. The molecule has 1 unspecified atom stereocenters. The Balaban J connectivity index is 1.87. The second-order valence-electron chi connectivity index (χ2n) is 7.72. The van der Waals surface area contributed by atoms with Crippen molar-refractivity contribution in [1.82, 2.24) is 19.9 Å². The van der Waals surface area contributed by atoms with Gasteiger partial charge in [0.1, 0.15) is 5.69 Å². The number of aromatic nitrogens is 3. The van der Waals surface area contributed by atoms with Crippen LogP contribution in [0, 0.1) is 0 Å². The Morgan fingerprint density at radius 1 is 1.17 bits per heavy atom. The number of aryl methyl sites for hydroxylation is 1. The number of aromatic amines is 1. The number of imidazole rings is 1. The predicted octanol–water partition coefficient (Wildman–Crippen LogP) is 4.48. The second kappa shape index (κ2) is 8.21. The molecule has 0 aliphatic carbocycles. The van der Waals surface area contributed by atoms with Crippen LogP contribution >= 0.6 is 0 Å². The maximum absolute atomic E-state index is 13.1. The predicted molar refractivity (Wildman–Crippen MR) is 119 cm³/mol. The van der Waals surface area contributed by atoms with Crippen LogP contribution in [0.2, 0.25) is 0 Å². The van der Waals surface area contributed by atoms with Gasteiger partial charge in [0, 0.05) is 17.7 Å². The Hall–Kier alpha value is -2.92. The zero-order valence-electron chi connectivity index (χ0n) is 17.3. The van der Waals surface area contributed by atoms with Gasteiger partial charge < -0.3 is 10.3 Å². The van der Waals surface area contributed by atoms with Crippen molar-refractivity contribution in [3.63, 3.8) is 0 Å². The standard InChI is InChI=1S/C24H28N4O/c1-4-16(2)22-24(29)28-15-21(26-20(23(28)27-22)10-7-13-25-3)19-12-11-17-8-5-6-9-18(17)14-19/h5-6,8-9,11-12,14-16,25-26H,4,7,10,13H2,1-3H3. The normalized spacial score (nSPS) is 12.7. The first-order valence-corrected chi connectivity index (χ1v) is 10.4. The van der Waals surface area contributed by atoms with Crippen molar-refractivity contribution >= 4 is 10.8 Å². The first kappa shape index (κ1) is 19.4. The zero-order chi connectivity index (χ0) is 20.4. The minimum Gasteiger partial charge on any atom is -0.354 e. The smallest absolute Gasteiger partial charge is 0.278 e. The number of hydrogen-bond acceptors (Lipinski definition) is 3. The lowest BCUT2D eigenvalue weighted by Gasteiger charge is -2.13. The summed E-state index contributed by atoms with van der Waals surface area (Å²) >= 11 is 0. The van der Waals surface area contributed by atoms with Gasteiger partial charge in [0.15, 0.2) is 5.82 Å². The molecule has 150 valence electrons. The molecular formula is C24H28N4O. The molecule has 0 saturated heterocycles. The molecule has 0 aromatic heterocycles. The molecule has 0 fully saturated rings. The van der Waals surface area contributed by atoms with Gasteiger partial charge in [-0.2, -0.15) is 0 Å².